The molecular formula is C16H21N3OS. The van der Waals surface area contributed by atoms with E-state index in [-0.39, 0.29) is 5.91 Å². The van der Waals surface area contributed by atoms with Gasteiger partial charge in [-0.1, -0.05) is 31.4 Å². The van der Waals surface area contributed by atoms with E-state index in [0.29, 0.717) is 6.54 Å². The molecule has 5 heteroatoms. The molecule has 4 nitrogen and oxygen atoms in total. The van der Waals surface area contributed by atoms with Crippen LogP contribution in [0.2, 0.25) is 0 Å². The van der Waals surface area contributed by atoms with Crippen molar-refractivity contribution in [1.29, 1.82) is 0 Å². The van der Waals surface area contributed by atoms with E-state index in [9.17, 15) is 4.79 Å². The van der Waals surface area contributed by atoms with Crippen LogP contribution in [0.15, 0.2) is 24.3 Å². The summed E-state index contributed by atoms with van der Waals surface area (Å²) in [6.45, 7) is 0.609. The highest BCUT2D eigenvalue weighted by Crippen LogP contribution is 2.26. The van der Waals surface area contributed by atoms with Crippen molar-refractivity contribution >= 4 is 27.5 Å². The summed E-state index contributed by atoms with van der Waals surface area (Å²) in [6.07, 6.45) is 5.68. The number of fused-ring (bicyclic) bond motifs is 1. The lowest BCUT2D eigenvalue weighted by Crippen LogP contribution is -2.55. The zero-order chi connectivity index (χ0) is 14.7. The summed E-state index contributed by atoms with van der Waals surface area (Å²) >= 11 is 1.69. The largest absolute Gasteiger partial charge is 0.354 e. The van der Waals surface area contributed by atoms with Gasteiger partial charge in [-0.15, -0.1) is 11.3 Å². The van der Waals surface area contributed by atoms with E-state index in [0.717, 1.165) is 42.6 Å². The van der Waals surface area contributed by atoms with E-state index in [4.69, 9.17) is 5.73 Å². The Morgan fingerprint density at radius 1 is 1.29 bits per heavy atom. The molecule has 2 aromatic rings. The zero-order valence-electron chi connectivity index (χ0n) is 12.1. The van der Waals surface area contributed by atoms with Crippen molar-refractivity contribution in [3.8, 4) is 0 Å². The van der Waals surface area contributed by atoms with E-state index < -0.39 is 5.54 Å². The van der Waals surface area contributed by atoms with Gasteiger partial charge in [-0.2, -0.15) is 0 Å². The van der Waals surface area contributed by atoms with Gasteiger partial charge in [-0.05, 0) is 25.0 Å². The van der Waals surface area contributed by atoms with Crippen molar-refractivity contribution < 1.29 is 4.79 Å². The molecule has 0 bridgehead atoms. The molecule has 0 atom stereocenters. The third-order valence-corrected chi connectivity index (χ3v) is 5.26. The molecule has 0 unspecified atom stereocenters. The predicted molar refractivity (Wildman–Crippen MR) is 86.3 cm³/mol. The SMILES string of the molecule is NC1(C(=O)NCCc2nc3ccccc3s2)CCCCC1. The number of nitrogens with two attached hydrogens (primary N) is 1. The maximum atomic E-state index is 12.2. The molecule has 1 aliphatic carbocycles. The number of thiazole rings is 1. The molecule has 0 saturated heterocycles. The minimum Gasteiger partial charge on any atom is -0.354 e. The van der Waals surface area contributed by atoms with Crippen LogP contribution in [0.4, 0.5) is 0 Å². The fourth-order valence-corrected chi connectivity index (χ4v) is 3.86. The monoisotopic (exact) mass is 303 g/mol. The molecule has 1 amide bonds. The molecular weight excluding hydrogens is 282 g/mol. The fraction of sp³-hybridized carbons (Fsp3) is 0.500. The highest BCUT2D eigenvalue weighted by atomic mass is 32.1. The van der Waals surface area contributed by atoms with Gasteiger partial charge in [0.15, 0.2) is 0 Å². The van der Waals surface area contributed by atoms with Gasteiger partial charge < -0.3 is 11.1 Å². The summed E-state index contributed by atoms with van der Waals surface area (Å²) in [6, 6.07) is 8.11. The van der Waals surface area contributed by atoms with Crippen molar-refractivity contribution in [1.82, 2.24) is 10.3 Å². The van der Waals surface area contributed by atoms with Crippen LogP contribution in [0.25, 0.3) is 10.2 Å². The Kier molecular flexibility index (Phi) is 4.22. The number of hydrogen-bond donors (Lipinski definition) is 2. The van der Waals surface area contributed by atoms with Gasteiger partial charge in [0.05, 0.1) is 20.8 Å². The number of carbonyl (C=O) groups excluding carboxylic acids is 1. The summed E-state index contributed by atoms with van der Waals surface area (Å²) in [5, 5.41) is 4.05. The van der Waals surface area contributed by atoms with Crippen molar-refractivity contribution in [2.24, 2.45) is 5.73 Å². The molecule has 0 spiro atoms. The average molecular weight is 303 g/mol. The standard InChI is InChI=1S/C16H21N3OS/c17-16(9-4-1-5-10-16)15(20)18-11-8-14-19-12-6-2-3-7-13(12)21-14/h2-3,6-7H,1,4-5,8-11,17H2,(H,18,20). The number of aromatic nitrogens is 1. The van der Waals surface area contributed by atoms with Crippen molar-refractivity contribution in [3.05, 3.63) is 29.3 Å². The molecule has 1 heterocycles. The topological polar surface area (TPSA) is 68.0 Å². The van der Waals surface area contributed by atoms with Gasteiger partial charge in [0.1, 0.15) is 0 Å². The normalized spacial score (nSPS) is 17.8. The molecule has 0 aliphatic heterocycles. The van der Waals surface area contributed by atoms with Gasteiger partial charge in [-0.25, -0.2) is 4.98 Å². The summed E-state index contributed by atoms with van der Waals surface area (Å²) in [4.78, 5) is 16.8. The Morgan fingerprint density at radius 3 is 2.81 bits per heavy atom. The van der Waals surface area contributed by atoms with E-state index in [2.05, 4.69) is 16.4 Å². The van der Waals surface area contributed by atoms with Crippen LogP contribution in [0.3, 0.4) is 0 Å². The minimum atomic E-state index is -0.647. The number of rotatable bonds is 4. The van der Waals surface area contributed by atoms with Crippen LogP contribution in [0.1, 0.15) is 37.1 Å². The van der Waals surface area contributed by atoms with Crippen LogP contribution in [0, 0.1) is 0 Å². The first-order valence-corrected chi connectivity index (χ1v) is 8.41. The summed E-state index contributed by atoms with van der Waals surface area (Å²) in [5.74, 6) is 0.00307. The molecule has 3 N–H and O–H groups in total. The molecule has 112 valence electrons. The second kappa shape index (κ2) is 6.12. The van der Waals surface area contributed by atoms with Crippen LogP contribution in [-0.2, 0) is 11.2 Å². The molecule has 3 rings (SSSR count). The Hall–Kier alpha value is -1.46. The molecule has 1 saturated carbocycles. The van der Waals surface area contributed by atoms with Crippen LogP contribution in [-0.4, -0.2) is 23.0 Å². The second-order valence-electron chi connectivity index (χ2n) is 5.80. The van der Waals surface area contributed by atoms with E-state index in [1.54, 1.807) is 11.3 Å². The number of nitrogens with one attached hydrogen (secondary N) is 1. The molecule has 1 aromatic carbocycles. The Morgan fingerprint density at radius 2 is 2.05 bits per heavy atom. The summed E-state index contributed by atoms with van der Waals surface area (Å²) in [5.41, 5.74) is 6.61. The first-order chi connectivity index (χ1) is 10.2. The van der Waals surface area contributed by atoms with Gasteiger partial charge in [0, 0.05) is 13.0 Å². The Bertz CT molecular complexity index is 598. The van der Waals surface area contributed by atoms with Gasteiger partial charge in [0.25, 0.3) is 0 Å². The summed E-state index contributed by atoms with van der Waals surface area (Å²) < 4.78 is 1.20. The molecule has 21 heavy (non-hydrogen) atoms. The van der Waals surface area contributed by atoms with Gasteiger partial charge in [-0.3, -0.25) is 4.79 Å². The highest BCUT2D eigenvalue weighted by Gasteiger charge is 2.34. The lowest BCUT2D eigenvalue weighted by atomic mass is 9.82. The number of para-hydroxylation sites is 1. The smallest absolute Gasteiger partial charge is 0.240 e. The average Bonchev–Trinajstić information content (AvgIpc) is 2.90. The maximum absolute atomic E-state index is 12.2. The quantitative estimate of drug-likeness (QED) is 0.912. The lowest BCUT2D eigenvalue weighted by Gasteiger charge is -2.31. The maximum Gasteiger partial charge on any atom is 0.240 e. The fourth-order valence-electron chi connectivity index (χ4n) is 2.90. The number of carbonyl (C=O) groups is 1. The lowest BCUT2D eigenvalue weighted by molar-refractivity contribution is -0.127. The van der Waals surface area contributed by atoms with E-state index in [1.165, 1.54) is 11.1 Å². The third kappa shape index (κ3) is 3.24. The molecule has 0 radical (unpaired) electrons. The number of benzene rings is 1. The van der Waals surface area contributed by atoms with Crippen molar-refractivity contribution in [3.63, 3.8) is 0 Å². The first-order valence-electron chi connectivity index (χ1n) is 7.59. The summed E-state index contributed by atoms with van der Waals surface area (Å²) in [7, 11) is 0. The second-order valence-corrected chi connectivity index (χ2v) is 6.91. The third-order valence-electron chi connectivity index (χ3n) is 4.16. The highest BCUT2D eigenvalue weighted by molar-refractivity contribution is 7.18. The molecule has 1 aliphatic rings. The van der Waals surface area contributed by atoms with Crippen molar-refractivity contribution in [2.45, 2.75) is 44.1 Å². The Balaban J connectivity index is 1.54. The minimum absolute atomic E-state index is 0.00307. The zero-order valence-corrected chi connectivity index (χ0v) is 12.9. The number of amides is 1. The Labute approximate surface area is 128 Å². The van der Waals surface area contributed by atoms with Crippen LogP contribution in [0.5, 0.6) is 0 Å². The van der Waals surface area contributed by atoms with Crippen LogP contribution >= 0.6 is 11.3 Å². The van der Waals surface area contributed by atoms with Crippen LogP contribution < -0.4 is 11.1 Å². The molecule has 1 fully saturated rings. The first kappa shape index (κ1) is 14.5. The van der Waals surface area contributed by atoms with Gasteiger partial charge >= 0.3 is 0 Å². The van der Waals surface area contributed by atoms with Gasteiger partial charge in [0.2, 0.25) is 5.91 Å². The van der Waals surface area contributed by atoms with Crippen molar-refractivity contribution in [2.75, 3.05) is 6.54 Å². The predicted octanol–water partition coefficient (Wildman–Crippen LogP) is 2.62. The van der Waals surface area contributed by atoms with E-state index in [1.807, 2.05) is 18.2 Å². The number of nitrogens with zero attached hydrogens (tertiary/aromatic N) is 1. The number of hydrogen-bond acceptors (Lipinski definition) is 4. The van der Waals surface area contributed by atoms with E-state index >= 15 is 0 Å². The molecule has 1 aromatic heterocycles.